The number of rotatable bonds is 5. The normalized spacial score (nSPS) is 21.3. The first kappa shape index (κ1) is 12.4. The third-order valence-electron chi connectivity index (χ3n) is 1.62. The summed E-state index contributed by atoms with van der Waals surface area (Å²) >= 11 is 2.43. The van der Waals surface area contributed by atoms with E-state index in [9.17, 15) is 9.36 Å². The molecule has 0 aromatic rings. The summed E-state index contributed by atoms with van der Waals surface area (Å²) in [4.78, 5) is 11.4. The van der Waals surface area contributed by atoms with Gasteiger partial charge in [-0.1, -0.05) is 18.7 Å². The summed E-state index contributed by atoms with van der Waals surface area (Å²) < 4.78 is 18.9. The summed E-state index contributed by atoms with van der Waals surface area (Å²) in [6.45, 7) is 1.66. The number of amides is 1. The minimum atomic E-state index is -2.94. The zero-order valence-electron chi connectivity index (χ0n) is 8.26. The Balaban J connectivity index is 2.75. The van der Waals surface area contributed by atoms with Gasteiger partial charge in [-0.05, 0) is 18.3 Å². The van der Waals surface area contributed by atoms with Gasteiger partial charge in [0.2, 0.25) is 0 Å². The molecule has 4 nitrogen and oxygen atoms in total. The molecular formula is C7H14NO3PS2. The highest BCUT2D eigenvalue weighted by Crippen LogP contribution is 2.64. The molecule has 0 radical (unpaired) electrons. The second-order valence-corrected chi connectivity index (χ2v) is 8.26. The average molecular weight is 255 g/mol. The van der Waals surface area contributed by atoms with Crippen molar-refractivity contribution in [1.82, 2.24) is 4.67 Å². The largest absolute Gasteiger partial charge is 0.356 e. The molecule has 7 heteroatoms. The van der Waals surface area contributed by atoms with Crippen LogP contribution in [0.1, 0.15) is 13.8 Å². The lowest BCUT2D eigenvalue weighted by atomic mass is 10.8. The minimum absolute atomic E-state index is 0.122. The van der Waals surface area contributed by atoms with E-state index in [1.54, 1.807) is 6.92 Å². The molecule has 0 N–H and O–H groups in total. The van der Waals surface area contributed by atoms with E-state index in [4.69, 9.17) is 4.52 Å². The second-order valence-electron chi connectivity index (χ2n) is 2.54. The number of thioether (sulfide) groups is 1. The Labute approximate surface area is 92.4 Å². The maximum absolute atomic E-state index is 12.3. The summed E-state index contributed by atoms with van der Waals surface area (Å²) in [6, 6.07) is 0. The van der Waals surface area contributed by atoms with Crippen molar-refractivity contribution in [3.63, 3.8) is 0 Å². The van der Waals surface area contributed by atoms with E-state index >= 15 is 0 Å². The molecule has 0 aromatic carbocycles. The topological polar surface area (TPSA) is 46.6 Å². The van der Waals surface area contributed by atoms with Crippen molar-refractivity contribution < 1.29 is 13.9 Å². The molecule has 1 aliphatic heterocycles. The summed E-state index contributed by atoms with van der Waals surface area (Å²) in [5.74, 6) is 1.39. The van der Waals surface area contributed by atoms with Crippen molar-refractivity contribution in [3.05, 3.63) is 0 Å². The van der Waals surface area contributed by atoms with Crippen LogP contribution in [0.15, 0.2) is 0 Å². The van der Waals surface area contributed by atoms with Crippen LogP contribution >= 0.6 is 29.9 Å². The van der Waals surface area contributed by atoms with Crippen LogP contribution in [-0.4, -0.2) is 34.6 Å². The van der Waals surface area contributed by atoms with Gasteiger partial charge in [-0.25, -0.2) is 0 Å². The Morgan fingerprint density at radius 1 is 1.64 bits per heavy atom. The fourth-order valence-electron chi connectivity index (χ4n) is 1.11. The Bertz CT molecular complexity index is 251. The van der Waals surface area contributed by atoms with Crippen molar-refractivity contribution in [2.45, 2.75) is 13.8 Å². The SMILES string of the molecule is CCOP(=O)(SCC)N1CCSC1=O. The van der Waals surface area contributed by atoms with Gasteiger partial charge in [0.05, 0.1) is 6.61 Å². The van der Waals surface area contributed by atoms with Gasteiger partial charge in [0.15, 0.2) is 0 Å². The maximum Gasteiger partial charge on any atom is 0.356 e. The van der Waals surface area contributed by atoms with Crippen molar-refractivity contribution in [2.24, 2.45) is 0 Å². The predicted molar refractivity (Wildman–Crippen MR) is 61.9 cm³/mol. The van der Waals surface area contributed by atoms with Gasteiger partial charge in [0.1, 0.15) is 0 Å². The van der Waals surface area contributed by atoms with Crippen LogP contribution in [-0.2, 0) is 9.09 Å². The third kappa shape index (κ3) is 2.69. The highest BCUT2D eigenvalue weighted by molar-refractivity contribution is 8.56. The van der Waals surface area contributed by atoms with Gasteiger partial charge < -0.3 is 4.52 Å². The molecule has 0 spiro atoms. The van der Waals surface area contributed by atoms with E-state index in [1.165, 1.54) is 27.8 Å². The molecule has 0 bridgehead atoms. The van der Waals surface area contributed by atoms with Gasteiger partial charge in [-0.3, -0.25) is 14.0 Å². The average Bonchev–Trinajstić information content (AvgIpc) is 2.52. The predicted octanol–water partition coefficient (Wildman–Crippen LogP) is 3.05. The van der Waals surface area contributed by atoms with E-state index in [1.807, 2.05) is 6.92 Å². The van der Waals surface area contributed by atoms with E-state index in [0.717, 1.165) is 0 Å². The Morgan fingerprint density at radius 3 is 2.79 bits per heavy atom. The summed E-state index contributed by atoms with van der Waals surface area (Å²) in [6.07, 6.45) is 0. The lowest BCUT2D eigenvalue weighted by molar-refractivity contribution is 0.241. The number of hydrogen-bond donors (Lipinski definition) is 0. The van der Waals surface area contributed by atoms with Crippen LogP contribution in [0.5, 0.6) is 0 Å². The highest BCUT2D eigenvalue weighted by atomic mass is 32.7. The molecule has 14 heavy (non-hydrogen) atoms. The van der Waals surface area contributed by atoms with Crippen molar-refractivity contribution in [2.75, 3.05) is 24.7 Å². The van der Waals surface area contributed by atoms with Gasteiger partial charge in [-0.2, -0.15) is 0 Å². The van der Waals surface area contributed by atoms with E-state index in [-0.39, 0.29) is 5.24 Å². The number of nitrogens with zero attached hydrogens (tertiary/aromatic N) is 1. The Hall–Kier alpha value is 0.360. The van der Waals surface area contributed by atoms with Gasteiger partial charge in [-0.15, -0.1) is 0 Å². The standard InChI is InChI=1S/C7H14NO3PS2/c1-3-11-12(10,14-4-2)8-5-6-13-7(8)9/h3-6H2,1-2H3. The third-order valence-corrected chi connectivity index (χ3v) is 7.41. The summed E-state index contributed by atoms with van der Waals surface area (Å²) in [5, 5.41) is -0.122. The smallest absolute Gasteiger partial charge is 0.306 e. The van der Waals surface area contributed by atoms with Crippen LogP contribution in [0.25, 0.3) is 0 Å². The number of carbonyl (C=O) groups excluding carboxylic acids is 1. The van der Waals surface area contributed by atoms with Crippen molar-refractivity contribution in [1.29, 1.82) is 0 Å². The van der Waals surface area contributed by atoms with Crippen LogP contribution in [0, 0.1) is 0 Å². The molecule has 1 heterocycles. The quantitative estimate of drug-likeness (QED) is 0.706. The molecule has 1 atom stereocenters. The highest BCUT2D eigenvalue weighted by Gasteiger charge is 2.38. The molecule has 0 aromatic heterocycles. The lowest BCUT2D eigenvalue weighted by Crippen LogP contribution is -2.19. The molecule has 1 rings (SSSR count). The first-order valence-electron chi connectivity index (χ1n) is 4.48. The van der Waals surface area contributed by atoms with E-state index in [0.29, 0.717) is 24.7 Å². The Morgan fingerprint density at radius 2 is 2.36 bits per heavy atom. The summed E-state index contributed by atoms with van der Waals surface area (Å²) in [5.41, 5.74) is 0. The second kappa shape index (κ2) is 5.45. The molecule has 1 amide bonds. The lowest BCUT2D eigenvalue weighted by Gasteiger charge is -2.24. The fraction of sp³-hybridized carbons (Fsp3) is 0.857. The van der Waals surface area contributed by atoms with Gasteiger partial charge in [0.25, 0.3) is 5.24 Å². The van der Waals surface area contributed by atoms with Crippen molar-refractivity contribution in [3.8, 4) is 0 Å². The first-order chi connectivity index (χ1) is 6.64. The monoisotopic (exact) mass is 255 g/mol. The zero-order valence-corrected chi connectivity index (χ0v) is 10.8. The first-order valence-corrected chi connectivity index (χ1v) is 8.63. The molecule has 82 valence electrons. The Kier molecular flexibility index (Phi) is 4.83. The molecule has 1 fully saturated rings. The minimum Gasteiger partial charge on any atom is -0.306 e. The van der Waals surface area contributed by atoms with Crippen LogP contribution in [0.3, 0.4) is 0 Å². The van der Waals surface area contributed by atoms with Crippen LogP contribution in [0.2, 0.25) is 0 Å². The van der Waals surface area contributed by atoms with Crippen molar-refractivity contribution >= 4 is 35.1 Å². The fourth-order valence-corrected chi connectivity index (χ4v) is 6.54. The molecule has 1 saturated heterocycles. The summed E-state index contributed by atoms with van der Waals surface area (Å²) in [7, 11) is 0. The molecule has 1 aliphatic rings. The van der Waals surface area contributed by atoms with Gasteiger partial charge in [0, 0.05) is 18.1 Å². The molecule has 1 unspecified atom stereocenters. The molecule has 0 saturated carbocycles. The number of hydrogen-bond acceptors (Lipinski definition) is 5. The zero-order chi connectivity index (χ0) is 10.6. The van der Waals surface area contributed by atoms with Crippen LogP contribution < -0.4 is 0 Å². The molecular weight excluding hydrogens is 241 g/mol. The van der Waals surface area contributed by atoms with E-state index in [2.05, 4.69) is 0 Å². The number of carbonyl (C=O) groups is 1. The van der Waals surface area contributed by atoms with Crippen LogP contribution in [0.4, 0.5) is 4.79 Å². The van der Waals surface area contributed by atoms with Gasteiger partial charge >= 0.3 is 6.72 Å². The maximum atomic E-state index is 12.3. The van der Waals surface area contributed by atoms with E-state index < -0.39 is 6.72 Å². The molecule has 0 aliphatic carbocycles.